The molecule has 3 heterocycles. The predicted octanol–water partition coefficient (Wildman–Crippen LogP) is 1.86. The van der Waals surface area contributed by atoms with E-state index in [0.29, 0.717) is 22.0 Å². The van der Waals surface area contributed by atoms with Gasteiger partial charge in [-0.3, -0.25) is 9.59 Å². The first-order valence-electron chi connectivity index (χ1n) is 8.06. The second-order valence-corrected chi connectivity index (χ2v) is 6.75. The Morgan fingerprint density at radius 2 is 1.91 bits per heavy atom. The van der Waals surface area contributed by atoms with Gasteiger partial charge in [0.25, 0.3) is 5.56 Å². The number of piperidine rings is 1. The maximum atomic E-state index is 12.2. The molecule has 2 N–H and O–H groups in total. The first kappa shape index (κ1) is 14.1. The summed E-state index contributed by atoms with van der Waals surface area (Å²) in [6, 6.07) is 3.49. The van der Waals surface area contributed by atoms with Gasteiger partial charge < -0.3 is 14.9 Å². The number of anilines is 1. The van der Waals surface area contributed by atoms with Crippen LogP contribution in [0.4, 0.5) is 5.69 Å². The van der Waals surface area contributed by atoms with E-state index < -0.39 is 5.56 Å². The normalized spacial score (nSPS) is 19.5. The maximum absolute atomic E-state index is 12.2. The monoisotopic (exact) mass is 310 g/mol. The molecule has 6 heteroatoms. The maximum Gasteiger partial charge on any atom is 0.268 e. The highest BCUT2D eigenvalue weighted by molar-refractivity contribution is 5.93. The summed E-state index contributed by atoms with van der Waals surface area (Å²) in [5.74, 6) is 0. The summed E-state index contributed by atoms with van der Waals surface area (Å²) in [6.07, 6.45) is 7.59. The van der Waals surface area contributed by atoms with Crippen LogP contribution < -0.4 is 16.0 Å². The molecule has 2 fully saturated rings. The molecule has 0 aromatic carbocycles. The van der Waals surface area contributed by atoms with Crippen molar-refractivity contribution < 1.29 is 0 Å². The lowest BCUT2D eigenvalue weighted by atomic mass is 9.63. The van der Waals surface area contributed by atoms with Crippen LogP contribution >= 0.6 is 0 Å². The van der Waals surface area contributed by atoms with Crippen molar-refractivity contribution in [3.8, 4) is 6.07 Å². The van der Waals surface area contributed by atoms with Gasteiger partial charge in [-0.05, 0) is 31.1 Å². The molecular formula is C17H18N4O2. The topological polar surface area (TPSA) is 92.8 Å². The van der Waals surface area contributed by atoms with Crippen LogP contribution in [0.15, 0.2) is 21.9 Å². The summed E-state index contributed by atoms with van der Waals surface area (Å²) in [6.45, 7) is 1.67. The quantitative estimate of drug-likeness (QED) is 0.841. The van der Waals surface area contributed by atoms with Crippen molar-refractivity contribution in [1.29, 1.82) is 5.26 Å². The summed E-state index contributed by atoms with van der Waals surface area (Å²) >= 11 is 0. The Labute approximate surface area is 132 Å². The number of rotatable bonds is 1. The molecule has 2 aromatic rings. The van der Waals surface area contributed by atoms with E-state index in [-0.39, 0.29) is 11.1 Å². The molecule has 118 valence electrons. The minimum atomic E-state index is -0.397. The molecular weight excluding hydrogens is 292 g/mol. The van der Waals surface area contributed by atoms with Gasteiger partial charge in [-0.15, -0.1) is 0 Å². The Balaban J connectivity index is 1.84. The molecule has 6 nitrogen and oxygen atoms in total. The van der Waals surface area contributed by atoms with Gasteiger partial charge in [-0.25, -0.2) is 0 Å². The van der Waals surface area contributed by atoms with Crippen molar-refractivity contribution in [2.24, 2.45) is 5.41 Å². The van der Waals surface area contributed by atoms with Gasteiger partial charge in [-0.2, -0.15) is 5.26 Å². The van der Waals surface area contributed by atoms with Crippen molar-refractivity contribution in [2.45, 2.75) is 32.1 Å². The van der Waals surface area contributed by atoms with Gasteiger partial charge in [0.15, 0.2) is 0 Å². The van der Waals surface area contributed by atoms with Crippen molar-refractivity contribution >= 4 is 16.6 Å². The van der Waals surface area contributed by atoms with Gasteiger partial charge in [0.2, 0.25) is 5.56 Å². The Kier molecular flexibility index (Phi) is 3.05. The third-order valence-corrected chi connectivity index (χ3v) is 5.56. The van der Waals surface area contributed by atoms with Crippen LogP contribution in [0.3, 0.4) is 0 Å². The Bertz CT molecular complexity index is 920. The van der Waals surface area contributed by atoms with Gasteiger partial charge in [0, 0.05) is 30.7 Å². The van der Waals surface area contributed by atoms with Crippen molar-refractivity contribution in [3.05, 3.63) is 38.5 Å². The number of fused-ring (bicyclic) bond motifs is 1. The second-order valence-electron chi connectivity index (χ2n) is 6.75. The van der Waals surface area contributed by atoms with E-state index >= 15 is 0 Å². The molecule has 2 aromatic heterocycles. The Hall–Kier alpha value is -2.55. The zero-order valence-corrected chi connectivity index (χ0v) is 12.8. The molecule has 0 amide bonds. The van der Waals surface area contributed by atoms with Crippen LogP contribution in [0.1, 0.15) is 37.7 Å². The summed E-state index contributed by atoms with van der Waals surface area (Å²) < 4.78 is 0. The van der Waals surface area contributed by atoms with Crippen LogP contribution in [0.25, 0.3) is 10.9 Å². The van der Waals surface area contributed by atoms with Crippen LogP contribution in [-0.2, 0) is 0 Å². The van der Waals surface area contributed by atoms with E-state index in [4.69, 9.17) is 0 Å². The number of aromatic amines is 2. The first-order chi connectivity index (χ1) is 11.1. The largest absolute Gasteiger partial charge is 0.370 e. The van der Waals surface area contributed by atoms with E-state index in [1.807, 2.05) is 6.07 Å². The predicted molar refractivity (Wildman–Crippen MR) is 87.6 cm³/mol. The first-order valence-corrected chi connectivity index (χ1v) is 8.06. The summed E-state index contributed by atoms with van der Waals surface area (Å²) in [7, 11) is 0. The third-order valence-electron chi connectivity index (χ3n) is 5.56. The fraction of sp³-hybridized carbons (Fsp3) is 0.471. The highest BCUT2D eigenvalue weighted by Gasteiger charge is 2.40. The molecule has 1 aliphatic heterocycles. The zero-order chi connectivity index (χ0) is 16.0. The van der Waals surface area contributed by atoms with E-state index in [2.05, 4.69) is 14.9 Å². The summed E-state index contributed by atoms with van der Waals surface area (Å²) in [4.78, 5) is 31.3. The van der Waals surface area contributed by atoms with Crippen LogP contribution in [0.2, 0.25) is 0 Å². The van der Waals surface area contributed by atoms with Gasteiger partial charge in [-0.1, -0.05) is 6.42 Å². The minimum Gasteiger partial charge on any atom is -0.370 e. The lowest BCUT2D eigenvalue weighted by Gasteiger charge is -2.48. The Morgan fingerprint density at radius 3 is 2.52 bits per heavy atom. The molecule has 23 heavy (non-hydrogen) atoms. The standard InChI is InChI=1S/C17H18N4O2/c18-9-12-15(21-6-4-17(5-7-21)2-1-3-17)11-8-14(22)19-10-13(11)20-16(12)23/h8,10H,1-7H2,(H,19,22)(H,20,23). The van der Waals surface area contributed by atoms with E-state index in [9.17, 15) is 14.9 Å². The van der Waals surface area contributed by atoms with Crippen molar-refractivity contribution in [2.75, 3.05) is 18.0 Å². The third kappa shape index (κ3) is 2.15. The van der Waals surface area contributed by atoms with Crippen molar-refractivity contribution in [3.63, 3.8) is 0 Å². The molecule has 0 unspecified atom stereocenters. The van der Waals surface area contributed by atoms with Crippen LogP contribution in [0.5, 0.6) is 0 Å². The van der Waals surface area contributed by atoms with Crippen LogP contribution in [0, 0.1) is 16.7 Å². The number of pyridine rings is 2. The van der Waals surface area contributed by atoms with E-state index in [0.717, 1.165) is 25.9 Å². The molecule has 1 spiro atoms. The number of aromatic nitrogens is 2. The molecule has 1 aliphatic carbocycles. The lowest BCUT2D eigenvalue weighted by molar-refractivity contribution is 0.0956. The summed E-state index contributed by atoms with van der Waals surface area (Å²) in [5.41, 5.74) is 1.14. The average Bonchev–Trinajstić information content (AvgIpc) is 2.53. The molecule has 1 saturated carbocycles. The smallest absolute Gasteiger partial charge is 0.268 e. The fourth-order valence-corrected chi connectivity index (χ4v) is 4.01. The Morgan fingerprint density at radius 1 is 1.17 bits per heavy atom. The molecule has 4 rings (SSSR count). The number of H-pyrrole nitrogens is 2. The number of nitriles is 1. The minimum absolute atomic E-state index is 0.104. The summed E-state index contributed by atoms with van der Waals surface area (Å²) in [5, 5.41) is 10.1. The fourth-order valence-electron chi connectivity index (χ4n) is 4.01. The number of hydrogen-bond donors (Lipinski definition) is 2. The molecule has 2 aliphatic rings. The molecule has 0 radical (unpaired) electrons. The number of nitrogens with zero attached hydrogens (tertiary/aromatic N) is 2. The lowest BCUT2D eigenvalue weighted by Crippen LogP contribution is -2.44. The second kappa shape index (κ2) is 4.98. The van der Waals surface area contributed by atoms with Gasteiger partial charge >= 0.3 is 0 Å². The average molecular weight is 310 g/mol. The number of nitrogens with one attached hydrogen (secondary N) is 2. The molecule has 0 atom stereocenters. The number of hydrogen-bond acceptors (Lipinski definition) is 4. The highest BCUT2D eigenvalue weighted by Crippen LogP contribution is 2.49. The van der Waals surface area contributed by atoms with E-state index in [1.54, 1.807) is 0 Å². The SMILES string of the molecule is N#Cc1c(N2CCC3(CCC3)CC2)c2cc(=O)[nH]cc2[nH]c1=O. The van der Waals surface area contributed by atoms with Gasteiger partial charge in [0.1, 0.15) is 11.6 Å². The van der Waals surface area contributed by atoms with E-state index in [1.165, 1.54) is 31.5 Å². The molecule has 1 saturated heterocycles. The van der Waals surface area contributed by atoms with Crippen LogP contribution in [-0.4, -0.2) is 23.1 Å². The zero-order valence-electron chi connectivity index (χ0n) is 12.8. The van der Waals surface area contributed by atoms with Crippen molar-refractivity contribution in [1.82, 2.24) is 9.97 Å². The highest BCUT2D eigenvalue weighted by atomic mass is 16.1. The van der Waals surface area contributed by atoms with Gasteiger partial charge in [0.05, 0.1) is 11.2 Å². The molecule has 0 bridgehead atoms.